The predicted octanol–water partition coefficient (Wildman–Crippen LogP) is 6.36. The highest BCUT2D eigenvalue weighted by Gasteiger charge is 2.37. The van der Waals surface area contributed by atoms with Gasteiger partial charge < -0.3 is 14.4 Å². The monoisotopic (exact) mass is 518 g/mol. The molecule has 3 aromatic carbocycles. The van der Waals surface area contributed by atoms with E-state index in [0.717, 1.165) is 0 Å². The van der Waals surface area contributed by atoms with Gasteiger partial charge in [0.25, 0.3) is 0 Å². The second-order valence-corrected chi connectivity index (χ2v) is 8.92. The summed E-state index contributed by atoms with van der Waals surface area (Å²) < 4.78 is 20.9. The van der Waals surface area contributed by atoms with E-state index in [1.54, 1.807) is 66.6 Å². The highest BCUT2D eigenvalue weighted by atomic mass is 35.5. The molecule has 1 N–H and O–H groups in total. The summed E-state index contributed by atoms with van der Waals surface area (Å²) in [7, 11) is 1.78. The Hall–Kier alpha value is -3.96. The number of aromatic nitrogens is 3. The average Bonchev–Trinajstić information content (AvgIpc) is 3.33. The number of fused-ring (bicyclic) bond motifs is 1. The fourth-order valence-corrected chi connectivity index (χ4v) is 4.49. The number of nitriles is 1. The number of rotatable bonds is 5. The van der Waals surface area contributed by atoms with Crippen LogP contribution in [0.15, 0.2) is 79.3 Å². The molecule has 0 saturated heterocycles. The van der Waals surface area contributed by atoms with Crippen molar-refractivity contribution < 1.29 is 14.2 Å². The summed E-state index contributed by atoms with van der Waals surface area (Å²) in [5, 5.41) is 23.0. The van der Waals surface area contributed by atoms with Gasteiger partial charge in [0.2, 0.25) is 0 Å². The first-order chi connectivity index (χ1) is 17.3. The average molecular weight is 519 g/mol. The van der Waals surface area contributed by atoms with E-state index in [4.69, 9.17) is 27.9 Å². The molecular formula is C27H17Cl2FN4O2. The summed E-state index contributed by atoms with van der Waals surface area (Å²) >= 11 is 12.8. The first-order valence-corrected chi connectivity index (χ1v) is 11.5. The molecular weight excluding hydrogens is 502 g/mol. The Bertz CT molecular complexity index is 1630. The molecule has 2 aromatic heterocycles. The number of imidazole rings is 1. The Morgan fingerprint density at radius 2 is 1.72 bits per heavy atom. The molecule has 36 heavy (non-hydrogen) atoms. The van der Waals surface area contributed by atoms with Crippen LogP contribution in [0, 0.1) is 17.1 Å². The maximum atomic E-state index is 13.3. The van der Waals surface area contributed by atoms with Crippen molar-refractivity contribution in [2.45, 2.75) is 5.60 Å². The number of pyridine rings is 1. The van der Waals surface area contributed by atoms with Crippen LogP contribution in [-0.4, -0.2) is 19.6 Å². The quantitative estimate of drug-likeness (QED) is 0.292. The molecule has 0 aliphatic heterocycles. The van der Waals surface area contributed by atoms with Gasteiger partial charge in [0.1, 0.15) is 17.6 Å². The molecule has 0 fully saturated rings. The van der Waals surface area contributed by atoms with Crippen LogP contribution < -0.4 is 4.74 Å². The van der Waals surface area contributed by atoms with Crippen molar-refractivity contribution in [2.75, 3.05) is 0 Å². The Kier molecular flexibility index (Phi) is 6.10. The lowest BCUT2D eigenvalue weighted by Crippen LogP contribution is -2.31. The number of benzene rings is 3. The number of aryl methyl sites for hydroxylation is 1. The maximum absolute atomic E-state index is 13.3. The fraction of sp³-hybridized carbons (Fsp3) is 0.0741. The summed E-state index contributed by atoms with van der Waals surface area (Å²) in [6, 6.07) is 19.3. The zero-order valence-corrected chi connectivity index (χ0v) is 20.3. The van der Waals surface area contributed by atoms with Crippen LogP contribution in [0.3, 0.4) is 0 Å². The zero-order valence-electron chi connectivity index (χ0n) is 18.8. The Morgan fingerprint density at radius 3 is 2.36 bits per heavy atom. The number of nitrogens with zero attached hydrogens (tertiary/aromatic N) is 4. The van der Waals surface area contributed by atoms with E-state index in [-0.39, 0.29) is 16.5 Å². The minimum absolute atomic E-state index is 0.0239. The molecule has 0 spiro atoms. The van der Waals surface area contributed by atoms with E-state index in [0.29, 0.717) is 38.5 Å². The van der Waals surface area contributed by atoms with E-state index in [9.17, 15) is 14.8 Å². The van der Waals surface area contributed by atoms with Crippen molar-refractivity contribution in [1.82, 2.24) is 14.5 Å². The molecule has 0 bridgehead atoms. The van der Waals surface area contributed by atoms with Gasteiger partial charge in [0.05, 0.1) is 28.8 Å². The highest BCUT2D eigenvalue weighted by Crippen LogP contribution is 2.42. The lowest BCUT2D eigenvalue weighted by Gasteiger charge is -2.30. The highest BCUT2D eigenvalue weighted by molar-refractivity contribution is 6.37. The van der Waals surface area contributed by atoms with Crippen LogP contribution in [-0.2, 0) is 12.6 Å². The van der Waals surface area contributed by atoms with Gasteiger partial charge in [0, 0.05) is 17.5 Å². The maximum Gasteiger partial charge on any atom is 0.185 e. The third kappa shape index (κ3) is 4.06. The smallest absolute Gasteiger partial charge is 0.185 e. The van der Waals surface area contributed by atoms with E-state index < -0.39 is 11.4 Å². The van der Waals surface area contributed by atoms with Gasteiger partial charge in [-0.1, -0.05) is 41.4 Å². The van der Waals surface area contributed by atoms with Crippen molar-refractivity contribution in [2.24, 2.45) is 7.05 Å². The largest absolute Gasteiger partial charge is 0.453 e. The Morgan fingerprint density at radius 1 is 1.03 bits per heavy atom. The first-order valence-electron chi connectivity index (χ1n) is 10.7. The molecule has 5 aromatic rings. The third-order valence-corrected chi connectivity index (χ3v) is 6.51. The minimum Gasteiger partial charge on any atom is -0.453 e. The molecule has 9 heteroatoms. The van der Waals surface area contributed by atoms with Crippen LogP contribution in [0.1, 0.15) is 22.5 Å². The first kappa shape index (κ1) is 23.8. The fourth-order valence-electron chi connectivity index (χ4n) is 4.08. The van der Waals surface area contributed by atoms with Crippen LogP contribution in [0.5, 0.6) is 11.5 Å². The number of hydrogen-bond acceptors (Lipinski definition) is 5. The second kappa shape index (κ2) is 9.25. The molecule has 1 atom stereocenters. The lowest BCUT2D eigenvalue weighted by molar-refractivity contribution is 0.117. The SMILES string of the molecule is Cn1cncc1C(O)(c1ccc(Cl)cc1)c1ccc2nc(C#N)c(Oc3ccc(F)cc3)c(Cl)c2c1. The van der Waals surface area contributed by atoms with E-state index in [2.05, 4.69) is 9.97 Å². The number of aliphatic hydroxyl groups is 1. The van der Waals surface area contributed by atoms with Gasteiger partial charge >= 0.3 is 0 Å². The van der Waals surface area contributed by atoms with Crippen molar-refractivity contribution in [3.63, 3.8) is 0 Å². The third-order valence-electron chi connectivity index (χ3n) is 5.89. The van der Waals surface area contributed by atoms with Crippen LogP contribution >= 0.6 is 23.2 Å². The summed E-state index contributed by atoms with van der Waals surface area (Å²) in [4.78, 5) is 8.58. The normalized spacial score (nSPS) is 12.8. The van der Waals surface area contributed by atoms with Crippen molar-refractivity contribution >= 4 is 34.1 Å². The van der Waals surface area contributed by atoms with Crippen molar-refractivity contribution in [3.8, 4) is 17.6 Å². The summed E-state index contributed by atoms with van der Waals surface area (Å²) in [5.41, 5.74) is 0.376. The second-order valence-electron chi connectivity index (χ2n) is 8.11. The Labute approximate surface area is 215 Å². The summed E-state index contributed by atoms with van der Waals surface area (Å²) in [6.45, 7) is 0. The van der Waals surface area contributed by atoms with Gasteiger partial charge in [0.15, 0.2) is 17.0 Å². The summed E-state index contributed by atoms with van der Waals surface area (Å²) in [6.07, 6.45) is 3.18. The van der Waals surface area contributed by atoms with Gasteiger partial charge in [-0.25, -0.2) is 14.4 Å². The molecule has 0 radical (unpaired) electrons. The van der Waals surface area contributed by atoms with Crippen molar-refractivity contribution in [3.05, 3.63) is 118 Å². The number of halogens is 3. The van der Waals surface area contributed by atoms with Gasteiger partial charge in [-0.3, -0.25) is 0 Å². The summed E-state index contributed by atoms with van der Waals surface area (Å²) in [5.74, 6) is -0.0995. The van der Waals surface area contributed by atoms with Crippen LogP contribution in [0.25, 0.3) is 10.9 Å². The molecule has 0 amide bonds. The molecule has 0 aliphatic rings. The van der Waals surface area contributed by atoms with E-state index in [1.807, 2.05) is 6.07 Å². The molecule has 2 heterocycles. The number of hydrogen-bond donors (Lipinski definition) is 1. The zero-order chi connectivity index (χ0) is 25.4. The van der Waals surface area contributed by atoms with Gasteiger partial charge in [-0.15, -0.1) is 0 Å². The molecule has 6 nitrogen and oxygen atoms in total. The molecule has 0 aliphatic carbocycles. The van der Waals surface area contributed by atoms with Gasteiger partial charge in [-0.2, -0.15) is 5.26 Å². The van der Waals surface area contributed by atoms with Crippen molar-refractivity contribution in [1.29, 1.82) is 5.26 Å². The van der Waals surface area contributed by atoms with Crippen LogP contribution in [0.2, 0.25) is 10.0 Å². The van der Waals surface area contributed by atoms with Crippen LogP contribution in [0.4, 0.5) is 4.39 Å². The van der Waals surface area contributed by atoms with Gasteiger partial charge in [-0.05, 0) is 59.7 Å². The molecule has 0 saturated carbocycles. The predicted molar refractivity (Wildman–Crippen MR) is 135 cm³/mol. The Balaban J connectivity index is 1.72. The topological polar surface area (TPSA) is 84.0 Å². The molecule has 1 unspecified atom stereocenters. The number of ether oxygens (including phenoxy) is 1. The molecule has 5 rings (SSSR count). The van der Waals surface area contributed by atoms with E-state index in [1.165, 1.54) is 24.3 Å². The molecule has 178 valence electrons. The minimum atomic E-state index is -1.61. The lowest BCUT2D eigenvalue weighted by atomic mass is 9.83. The van der Waals surface area contributed by atoms with E-state index >= 15 is 0 Å². The standard InChI is InChI=1S/C27H17Cl2FN4O2/c1-34-15-32-14-24(34)27(35,16-2-5-18(28)6-3-16)17-4-11-22-21(12-17)25(29)26(23(13-31)33-22)36-20-9-7-19(30)8-10-20/h2-12,14-15,35H,1H3.